The molecule has 6 nitrogen and oxygen atoms in total. The van der Waals surface area contributed by atoms with E-state index in [2.05, 4.69) is 26.1 Å². The highest BCUT2D eigenvalue weighted by Gasteiger charge is 2.37. The summed E-state index contributed by atoms with van der Waals surface area (Å²) >= 11 is 6.20. The van der Waals surface area contributed by atoms with Gasteiger partial charge in [-0.05, 0) is 65.3 Å². The number of hydrogen-bond acceptors (Lipinski definition) is 3. The first-order valence-corrected chi connectivity index (χ1v) is 13.3. The van der Waals surface area contributed by atoms with E-state index in [1.165, 1.54) is 0 Å². The number of benzene rings is 2. The Bertz CT molecular complexity index is 1470. The molecule has 1 fully saturated rings. The summed E-state index contributed by atoms with van der Waals surface area (Å²) in [4.78, 5) is 41.4. The molecule has 0 spiro atoms. The molecule has 5 rings (SSSR count). The molecule has 1 aromatic heterocycles. The zero-order valence-electron chi connectivity index (χ0n) is 21.9. The summed E-state index contributed by atoms with van der Waals surface area (Å²) in [6, 6.07) is 20.0. The Morgan fingerprint density at radius 2 is 1.71 bits per heavy atom. The standard InChI is InChI=1S/C31H32ClN3O3/c1-31(2,3)24-12-10-22(11-13-24)29(37)33-26(16-20-6-4-7-25(32)15-20)30(38)34-17-21-14-23(19-34)27-8-5-9-28(36)35(27)18-21/h4-13,15-16,21,23H,14,17-19H2,1-3H3,(H,33,37)/b26-16-. The number of fused-ring (bicyclic) bond motifs is 4. The third-order valence-electron chi connectivity index (χ3n) is 7.42. The van der Waals surface area contributed by atoms with Gasteiger partial charge in [-0.3, -0.25) is 14.4 Å². The van der Waals surface area contributed by atoms with Gasteiger partial charge in [0.2, 0.25) is 0 Å². The van der Waals surface area contributed by atoms with Gasteiger partial charge in [0.25, 0.3) is 17.4 Å². The summed E-state index contributed by atoms with van der Waals surface area (Å²) in [5.41, 5.74) is 3.46. The van der Waals surface area contributed by atoms with Crippen LogP contribution in [0.1, 0.15) is 60.3 Å². The van der Waals surface area contributed by atoms with Crippen molar-refractivity contribution >= 4 is 29.5 Å². The smallest absolute Gasteiger partial charge is 0.270 e. The first kappa shape index (κ1) is 26.0. The number of aromatic nitrogens is 1. The lowest BCUT2D eigenvalue weighted by Crippen LogP contribution is -2.50. The van der Waals surface area contributed by atoms with Gasteiger partial charge >= 0.3 is 0 Å². The minimum Gasteiger partial charge on any atom is -0.336 e. The number of rotatable bonds is 4. The van der Waals surface area contributed by atoms with Crippen LogP contribution in [-0.2, 0) is 16.8 Å². The highest BCUT2D eigenvalue weighted by atomic mass is 35.5. The minimum atomic E-state index is -0.346. The van der Waals surface area contributed by atoms with E-state index >= 15 is 0 Å². The van der Waals surface area contributed by atoms with Crippen molar-refractivity contribution in [1.82, 2.24) is 14.8 Å². The molecular weight excluding hydrogens is 498 g/mol. The van der Waals surface area contributed by atoms with Crippen LogP contribution >= 0.6 is 11.6 Å². The second kappa shape index (κ2) is 10.3. The van der Waals surface area contributed by atoms with E-state index in [0.29, 0.717) is 30.2 Å². The lowest BCUT2D eigenvalue weighted by Gasteiger charge is -2.43. The number of carbonyl (C=O) groups is 2. The number of piperidine rings is 1. The van der Waals surface area contributed by atoms with Crippen LogP contribution in [0.3, 0.4) is 0 Å². The van der Waals surface area contributed by atoms with Crippen LogP contribution in [0.2, 0.25) is 5.02 Å². The van der Waals surface area contributed by atoms with Crippen LogP contribution < -0.4 is 10.9 Å². The zero-order valence-corrected chi connectivity index (χ0v) is 22.7. The maximum atomic E-state index is 13.9. The Morgan fingerprint density at radius 1 is 0.974 bits per heavy atom. The summed E-state index contributed by atoms with van der Waals surface area (Å²) in [6.45, 7) is 7.97. The number of likely N-dealkylation sites (tertiary alicyclic amines) is 1. The predicted molar refractivity (Wildman–Crippen MR) is 150 cm³/mol. The molecule has 38 heavy (non-hydrogen) atoms. The lowest BCUT2D eigenvalue weighted by molar-refractivity contribution is -0.130. The van der Waals surface area contributed by atoms with E-state index in [4.69, 9.17) is 11.6 Å². The molecule has 1 saturated heterocycles. The summed E-state index contributed by atoms with van der Waals surface area (Å²) < 4.78 is 1.84. The molecule has 3 aromatic rings. The largest absolute Gasteiger partial charge is 0.336 e. The Labute approximate surface area is 227 Å². The highest BCUT2D eigenvalue weighted by molar-refractivity contribution is 6.30. The Balaban J connectivity index is 1.43. The van der Waals surface area contributed by atoms with Gasteiger partial charge in [0, 0.05) is 47.9 Å². The van der Waals surface area contributed by atoms with E-state index in [9.17, 15) is 14.4 Å². The van der Waals surface area contributed by atoms with E-state index in [0.717, 1.165) is 23.2 Å². The molecule has 3 heterocycles. The molecule has 2 atom stereocenters. The van der Waals surface area contributed by atoms with Crippen molar-refractivity contribution in [3.8, 4) is 0 Å². The average molecular weight is 530 g/mol. The van der Waals surface area contributed by atoms with Gasteiger partial charge in [-0.25, -0.2) is 0 Å². The fraction of sp³-hybridized carbons (Fsp3) is 0.323. The van der Waals surface area contributed by atoms with E-state index in [1.807, 2.05) is 34.9 Å². The summed E-state index contributed by atoms with van der Waals surface area (Å²) in [5.74, 6) is -0.334. The molecule has 0 saturated carbocycles. The first-order valence-electron chi connectivity index (χ1n) is 13.0. The second-order valence-corrected chi connectivity index (χ2v) is 11.7. The number of amides is 2. The monoisotopic (exact) mass is 529 g/mol. The van der Waals surface area contributed by atoms with Crippen molar-refractivity contribution in [3.63, 3.8) is 0 Å². The third-order valence-corrected chi connectivity index (χ3v) is 7.65. The second-order valence-electron chi connectivity index (χ2n) is 11.3. The van der Waals surface area contributed by atoms with Crippen molar-refractivity contribution in [2.75, 3.05) is 13.1 Å². The third kappa shape index (κ3) is 5.46. The van der Waals surface area contributed by atoms with Crippen molar-refractivity contribution in [2.45, 2.75) is 45.1 Å². The Kier molecular flexibility index (Phi) is 7.01. The molecule has 0 aliphatic carbocycles. The molecule has 2 unspecified atom stereocenters. The quantitative estimate of drug-likeness (QED) is 0.471. The summed E-state index contributed by atoms with van der Waals surface area (Å²) in [6.07, 6.45) is 2.62. The van der Waals surface area contributed by atoms with Crippen LogP contribution in [0, 0.1) is 5.92 Å². The van der Waals surface area contributed by atoms with Gasteiger partial charge in [0.05, 0.1) is 0 Å². The molecule has 2 aromatic carbocycles. The number of hydrogen-bond donors (Lipinski definition) is 1. The molecule has 7 heteroatoms. The van der Waals surface area contributed by atoms with Gasteiger partial charge in [-0.1, -0.05) is 62.7 Å². The van der Waals surface area contributed by atoms with Gasteiger partial charge in [0.1, 0.15) is 5.70 Å². The topological polar surface area (TPSA) is 71.4 Å². The maximum Gasteiger partial charge on any atom is 0.270 e. The fourth-order valence-corrected chi connectivity index (χ4v) is 5.66. The molecule has 196 valence electrons. The number of nitrogens with zero attached hydrogens (tertiary/aromatic N) is 2. The van der Waals surface area contributed by atoms with Crippen molar-refractivity contribution in [2.24, 2.45) is 5.92 Å². The predicted octanol–water partition coefficient (Wildman–Crippen LogP) is 5.22. The van der Waals surface area contributed by atoms with Crippen molar-refractivity contribution < 1.29 is 9.59 Å². The molecule has 2 bridgehead atoms. The van der Waals surface area contributed by atoms with Gasteiger partial charge in [0.15, 0.2) is 0 Å². The molecule has 1 N–H and O–H groups in total. The summed E-state index contributed by atoms with van der Waals surface area (Å²) in [5, 5.41) is 3.43. The van der Waals surface area contributed by atoms with E-state index in [1.54, 1.807) is 47.4 Å². The normalized spacial score (nSPS) is 19.1. The minimum absolute atomic E-state index is 0.00302. The van der Waals surface area contributed by atoms with Crippen LogP contribution in [0.15, 0.2) is 77.2 Å². The number of nitrogens with one attached hydrogen (secondary N) is 1. The van der Waals surface area contributed by atoms with Gasteiger partial charge in [-0.2, -0.15) is 0 Å². The van der Waals surface area contributed by atoms with Crippen LogP contribution in [0.4, 0.5) is 0 Å². The van der Waals surface area contributed by atoms with Gasteiger partial charge < -0.3 is 14.8 Å². The molecule has 2 amide bonds. The fourth-order valence-electron chi connectivity index (χ4n) is 5.46. The zero-order chi connectivity index (χ0) is 27.0. The Hall–Kier alpha value is -3.64. The van der Waals surface area contributed by atoms with Crippen LogP contribution in [0.25, 0.3) is 6.08 Å². The molecule has 2 aliphatic rings. The Morgan fingerprint density at radius 3 is 2.42 bits per heavy atom. The molecule has 2 aliphatic heterocycles. The number of pyridine rings is 1. The van der Waals surface area contributed by atoms with E-state index in [-0.39, 0.29) is 40.3 Å². The maximum absolute atomic E-state index is 13.9. The number of carbonyl (C=O) groups excluding carboxylic acids is 2. The van der Waals surface area contributed by atoms with E-state index < -0.39 is 0 Å². The van der Waals surface area contributed by atoms with Crippen LogP contribution in [0.5, 0.6) is 0 Å². The van der Waals surface area contributed by atoms with Crippen molar-refractivity contribution in [3.05, 3.63) is 110 Å². The van der Waals surface area contributed by atoms with Crippen molar-refractivity contribution in [1.29, 1.82) is 0 Å². The summed E-state index contributed by atoms with van der Waals surface area (Å²) in [7, 11) is 0. The van der Waals surface area contributed by atoms with Gasteiger partial charge in [-0.15, -0.1) is 0 Å². The molecule has 0 radical (unpaired) electrons. The average Bonchev–Trinajstić information content (AvgIpc) is 2.88. The van der Waals surface area contributed by atoms with Crippen LogP contribution in [-0.4, -0.2) is 34.4 Å². The first-order chi connectivity index (χ1) is 18.1. The number of halogens is 1. The lowest BCUT2D eigenvalue weighted by atomic mass is 9.83. The highest BCUT2D eigenvalue weighted by Crippen LogP contribution is 2.35. The molecular formula is C31H32ClN3O3. The SMILES string of the molecule is CC(C)(C)c1ccc(C(=O)N/C(=C\c2cccc(Cl)c2)C(=O)N2CC3CC(C2)c2cccc(=O)n2C3)cc1.